The molecule has 1 heterocycles. The first kappa shape index (κ1) is 15.9. The Morgan fingerprint density at radius 3 is 2.48 bits per heavy atom. The SMILES string of the molecule is CCCNC(Cc1ccc(Br)cc1)c1ccc(OC)nn1. The molecule has 0 bridgehead atoms. The lowest BCUT2D eigenvalue weighted by molar-refractivity contribution is 0.389. The van der Waals surface area contributed by atoms with Crippen molar-refractivity contribution in [3.8, 4) is 5.88 Å². The molecule has 2 rings (SSSR count). The maximum absolute atomic E-state index is 5.06. The lowest BCUT2D eigenvalue weighted by atomic mass is 10.0. The molecule has 1 atom stereocenters. The molecule has 1 aromatic heterocycles. The normalized spacial score (nSPS) is 12.1. The molecule has 0 amide bonds. The fourth-order valence-corrected chi connectivity index (χ4v) is 2.35. The van der Waals surface area contributed by atoms with Crippen LogP contribution < -0.4 is 10.1 Å². The predicted octanol–water partition coefficient (Wildman–Crippen LogP) is 3.53. The minimum absolute atomic E-state index is 0.157. The summed E-state index contributed by atoms with van der Waals surface area (Å²) in [5.74, 6) is 0.539. The van der Waals surface area contributed by atoms with Gasteiger partial charge >= 0.3 is 0 Å². The van der Waals surface area contributed by atoms with Crippen molar-refractivity contribution < 1.29 is 4.74 Å². The first-order valence-electron chi connectivity index (χ1n) is 7.08. The molecule has 0 saturated carbocycles. The molecule has 1 N–H and O–H groups in total. The van der Waals surface area contributed by atoms with E-state index in [9.17, 15) is 0 Å². The van der Waals surface area contributed by atoms with Crippen LogP contribution in [0.5, 0.6) is 5.88 Å². The highest BCUT2D eigenvalue weighted by Gasteiger charge is 2.14. The Balaban J connectivity index is 2.14. The van der Waals surface area contributed by atoms with Crippen LogP contribution in [0.25, 0.3) is 0 Å². The van der Waals surface area contributed by atoms with Gasteiger partial charge in [-0.25, -0.2) is 0 Å². The second-order valence-corrected chi connectivity index (χ2v) is 5.75. The van der Waals surface area contributed by atoms with E-state index in [1.54, 1.807) is 7.11 Å². The second kappa shape index (κ2) is 8.10. The zero-order valence-corrected chi connectivity index (χ0v) is 13.9. The molecule has 1 unspecified atom stereocenters. The van der Waals surface area contributed by atoms with Crippen LogP contribution in [-0.4, -0.2) is 23.9 Å². The number of rotatable bonds is 7. The molecule has 0 aliphatic carbocycles. The van der Waals surface area contributed by atoms with Gasteiger partial charge in [-0.05, 0) is 43.1 Å². The molecule has 0 saturated heterocycles. The second-order valence-electron chi connectivity index (χ2n) is 4.84. The number of ether oxygens (including phenoxy) is 1. The minimum atomic E-state index is 0.157. The number of hydrogen-bond donors (Lipinski definition) is 1. The Hall–Kier alpha value is -1.46. The van der Waals surface area contributed by atoms with E-state index in [1.165, 1.54) is 5.56 Å². The summed E-state index contributed by atoms with van der Waals surface area (Å²) >= 11 is 3.46. The molecule has 21 heavy (non-hydrogen) atoms. The first-order chi connectivity index (χ1) is 10.2. The number of nitrogens with one attached hydrogen (secondary N) is 1. The van der Waals surface area contributed by atoms with Gasteiger partial charge in [-0.2, -0.15) is 5.10 Å². The minimum Gasteiger partial charge on any atom is -0.480 e. The Bertz CT molecular complexity index is 542. The fourth-order valence-electron chi connectivity index (χ4n) is 2.08. The number of halogens is 1. The highest BCUT2D eigenvalue weighted by Crippen LogP contribution is 2.19. The highest BCUT2D eigenvalue weighted by atomic mass is 79.9. The zero-order chi connectivity index (χ0) is 15.1. The van der Waals surface area contributed by atoms with E-state index in [1.807, 2.05) is 12.1 Å². The Morgan fingerprint density at radius 2 is 1.90 bits per heavy atom. The van der Waals surface area contributed by atoms with Crippen molar-refractivity contribution in [2.24, 2.45) is 0 Å². The zero-order valence-electron chi connectivity index (χ0n) is 12.3. The Labute approximate surface area is 134 Å². The molecule has 4 nitrogen and oxygen atoms in total. The van der Waals surface area contributed by atoms with E-state index in [2.05, 4.69) is 62.6 Å². The molecule has 2 aromatic rings. The molecule has 112 valence electrons. The third-order valence-corrected chi connectivity index (χ3v) is 3.75. The highest BCUT2D eigenvalue weighted by molar-refractivity contribution is 9.10. The largest absolute Gasteiger partial charge is 0.480 e. The molecule has 0 aliphatic rings. The maximum atomic E-state index is 5.06. The van der Waals surface area contributed by atoms with Gasteiger partial charge in [-0.15, -0.1) is 5.10 Å². The van der Waals surface area contributed by atoms with Crippen molar-refractivity contribution in [2.75, 3.05) is 13.7 Å². The summed E-state index contributed by atoms with van der Waals surface area (Å²) in [7, 11) is 1.60. The Kier molecular flexibility index (Phi) is 6.14. The smallest absolute Gasteiger partial charge is 0.233 e. The van der Waals surface area contributed by atoms with E-state index in [-0.39, 0.29) is 6.04 Å². The Morgan fingerprint density at radius 1 is 1.14 bits per heavy atom. The van der Waals surface area contributed by atoms with Gasteiger partial charge in [0.05, 0.1) is 18.8 Å². The van der Waals surface area contributed by atoms with Crippen LogP contribution in [0.3, 0.4) is 0 Å². The van der Waals surface area contributed by atoms with E-state index in [0.717, 1.165) is 29.6 Å². The van der Waals surface area contributed by atoms with Crippen LogP contribution >= 0.6 is 15.9 Å². The average Bonchev–Trinajstić information content (AvgIpc) is 2.53. The van der Waals surface area contributed by atoms with Gasteiger partial charge in [0.25, 0.3) is 0 Å². The van der Waals surface area contributed by atoms with E-state index >= 15 is 0 Å². The number of benzene rings is 1. The standard InChI is InChI=1S/C16H20BrN3O/c1-3-10-18-15(11-12-4-6-13(17)7-5-12)14-8-9-16(21-2)20-19-14/h4-9,15,18H,3,10-11H2,1-2H3. The number of hydrogen-bond acceptors (Lipinski definition) is 4. The maximum Gasteiger partial charge on any atom is 0.233 e. The molecular formula is C16H20BrN3O. The van der Waals surface area contributed by atoms with Crippen molar-refractivity contribution in [3.63, 3.8) is 0 Å². The van der Waals surface area contributed by atoms with E-state index in [0.29, 0.717) is 5.88 Å². The fraction of sp³-hybridized carbons (Fsp3) is 0.375. The molecular weight excluding hydrogens is 330 g/mol. The van der Waals surface area contributed by atoms with Gasteiger partial charge in [0.15, 0.2) is 0 Å². The summed E-state index contributed by atoms with van der Waals surface area (Å²) in [6.45, 7) is 3.11. The monoisotopic (exact) mass is 349 g/mol. The van der Waals surface area contributed by atoms with Crippen molar-refractivity contribution in [1.29, 1.82) is 0 Å². The number of aromatic nitrogens is 2. The lowest BCUT2D eigenvalue weighted by Crippen LogP contribution is -2.25. The van der Waals surface area contributed by atoms with Crippen LogP contribution in [0.2, 0.25) is 0 Å². The van der Waals surface area contributed by atoms with Gasteiger partial charge in [0.1, 0.15) is 0 Å². The quantitative estimate of drug-likeness (QED) is 0.830. The first-order valence-corrected chi connectivity index (χ1v) is 7.87. The van der Waals surface area contributed by atoms with Crippen molar-refractivity contribution in [1.82, 2.24) is 15.5 Å². The molecule has 5 heteroatoms. The van der Waals surface area contributed by atoms with Crippen molar-refractivity contribution in [2.45, 2.75) is 25.8 Å². The summed E-state index contributed by atoms with van der Waals surface area (Å²) in [5.41, 5.74) is 2.21. The molecule has 0 radical (unpaired) electrons. The molecule has 1 aromatic carbocycles. The van der Waals surface area contributed by atoms with Crippen LogP contribution in [0, 0.1) is 0 Å². The number of nitrogens with zero attached hydrogens (tertiary/aromatic N) is 2. The van der Waals surface area contributed by atoms with Gasteiger partial charge in [-0.1, -0.05) is 35.0 Å². The summed E-state index contributed by atoms with van der Waals surface area (Å²) in [6, 6.07) is 12.4. The van der Waals surface area contributed by atoms with Gasteiger partial charge < -0.3 is 10.1 Å². The third-order valence-electron chi connectivity index (χ3n) is 3.22. The average molecular weight is 350 g/mol. The molecule has 0 aliphatic heterocycles. The lowest BCUT2D eigenvalue weighted by Gasteiger charge is -2.18. The molecule has 0 fully saturated rings. The van der Waals surface area contributed by atoms with E-state index < -0.39 is 0 Å². The predicted molar refractivity (Wildman–Crippen MR) is 87.5 cm³/mol. The summed E-state index contributed by atoms with van der Waals surface area (Å²) in [5, 5.41) is 11.9. The third kappa shape index (κ3) is 4.79. The van der Waals surface area contributed by atoms with Crippen LogP contribution in [0.1, 0.15) is 30.6 Å². The molecule has 0 spiro atoms. The van der Waals surface area contributed by atoms with Crippen LogP contribution in [0.4, 0.5) is 0 Å². The van der Waals surface area contributed by atoms with E-state index in [4.69, 9.17) is 4.74 Å². The topological polar surface area (TPSA) is 47.0 Å². The number of methoxy groups -OCH3 is 1. The summed E-state index contributed by atoms with van der Waals surface area (Å²) in [6.07, 6.45) is 1.97. The van der Waals surface area contributed by atoms with Crippen LogP contribution in [0.15, 0.2) is 40.9 Å². The summed E-state index contributed by atoms with van der Waals surface area (Å²) < 4.78 is 6.15. The van der Waals surface area contributed by atoms with Crippen molar-refractivity contribution in [3.05, 3.63) is 52.1 Å². The van der Waals surface area contributed by atoms with Gasteiger partial charge in [0, 0.05) is 10.5 Å². The van der Waals surface area contributed by atoms with Crippen LogP contribution in [-0.2, 0) is 6.42 Å². The van der Waals surface area contributed by atoms with Gasteiger partial charge in [-0.3, -0.25) is 0 Å². The van der Waals surface area contributed by atoms with Crippen molar-refractivity contribution >= 4 is 15.9 Å². The van der Waals surface area contributed by atoms with Gasteiger partial charge in [0.2, 0.25) is 5.88 Å². The summed E-state index contributed by atoms with van der Waals surface area (Å²) in [4.78, 5) is 0.